The van der Waals surface area contributed by atoms with Gasteiger partial charge in [-0.05, 0) is 25.5 Å². The number of carbonyl (C=O) groups is 2. The highest BCUT2D eigenvalue weighted by atomic mass is 32.2. The summed E-state index contributed by atoms with van der Waals surface area (Å²) < 4.78 is 70.8. The first kappa shape index (κ1) is 57.9. The number of rotatable bonds is 48. The highest BCUT2D eigenvalue weighted by Gasteiger charge is 2.27. The number of carbonyl (C=O) groups excluding carboxylic acids is 1. The Morgan fingerprint density at radius 2 is 0.797 bits per heavy atom. The van der Waals surface area contributed by atoms with Gasteiger partial charge < -0.3 is 66.7 Å². The van der Waals surface area contributed by atoms with Crippen LogP contribution >= 0.6 is 35.7 Å². The Labute approximate surface area is 365 Å². The van der Waals surface area contributed by atoms with Crippen molar-refractivity contribution in [2.24, 2.45) is 0 Å². The van der Waals surface area contributed by atoms with Crippen molar-refractivity contribution in [3.8, 4) is 6.07 Å². The first-order chi connectivity index (χ1) is 28.8. The van der Waals surface area contributed by atoms with Crippen LogP contribution in [0.4, 0.5) is 0 Å². The minimum Gasteiger partial charge on any atom is -0.481 e. The lowest BCUT2D eigenvalue weighted by molar-refractivity contribution is -0.138. The second-order valence-corrected chi connectivity index (χ2v) is 16.3. The van der Waals surface area contributed by atoms with Gasteiger partial charge in [0.05, 0.1) is 178 Å². The quantitative estimate of drug-likeness (QED) is 0.0682. The van der Waals surface area contributed by atoms with Crippen molar-refractivity contribution in [2.45, 2.75) is 50.7 Å². The van der Waals surface area contributed by atoms with Crippen LogP contribution in [0, 0.1) is 11.3 Å². The first-order valence-electron chi connectivity index (χ1n) is 20.3. The van der Waals surface area contributed by atoms with Crippen molar-refractivity contribution in [3.63, 3.8) is 0 Å². The summed E-state index contributed by atoms with van der Waals surface area (Å²) in [4.78, 5) is 22.6. The van der Waals surface area contributed by atoms with Crippen molar-refractivity contribution in [1.29, 1.82) is 5.26 Å². The molecule has 0 aliphatic carbocycles. The van der Waals surface area contributed by atoms with Crippen LogP contribution in [0.2, 0.25) is 0 Å². The molecule has 0 amide bonds. The third-order valence-electron chi connectivity index (χ3n) is 7.36. The number of hydrogen-bond donors (Lipinski definition) is 1. The summed E-state index contributed by atoms with van der Waals surface area (Å²) in [5.41, 5.74) is 0. The molecule has 0 spiro atoms. The zero-order valence-corrected chi connectivity index (χ0v) is 37.8. The van der Waals surface area contributed by atoms with Gasteiger partial charge in [0.15, 0.2) is 0 Å². The van der Waals surface area contributed by atoms with Gasteiger partial charge in [-0.3, -0.25) is 9.59 Å². The summed E-state index contributed by atoms with van der Waals surface area (Å²) in [6.07, 6.45) is 1.92. The second kappa shape index (κ2) is 46.4. The molecule has 1 unspecified atom stereocenters. The molecule has 0 rings (SSSR count). The zero-order valence-electron chi connectivity index (χ0n) is 35.4. The number of aliphatic carboxylic acids is 1. The molecule has 0 aliphatic rings. The van der Waals surface area contributed by atoms with E-state index in [2.05, 4.69) is 6.07 Å². The fourth-order valence-corrected chi connectivity index (χ4v) is 7.14. The summed E-state index contributed by atoms with van der Waals surface area (Å²) in [5, 5.41) is 18.0. The van der Waals surface area contributed by atoms with E-state index in [0.29, 0.717) is 191 Å². The molecule has 0 fully saturated rings. The fraction of sp³-hybridized carbons (Fsp3) is 0.897. The molecule has 0 aliphatic heterocycles. The summed E-state index contributed by atoms with van der Waals surface area (Å²) >= 11 is 8.22. The number of hydrogen-bond acceptors (Lipinski definition) is 19. The van der Waals surface area contributed by atoms with Crippen LogP contribution in [0.3, 0.4) is 0 Å². The Bertz CT molecular complexity index is 1020. The van der Waals surface area contributed by atoms with Crippen molar-refractivity contribution in [3.05, 3.63) is 0 Å². The van der Waals surface area contributed by atoms with Gasteiger partial charge in [-0.2, -0.15) is 5.26 Å². The summed E-state index contributed by atoms with van der Waals surface area (Å²) in [7, 11) is 0. The highest BCUT2D eigenvalue weighted by molar-refractivity contribution is 8.47. The van der Waals surface area contributed by atoms with E-state index in [1.54, 1.807) is 11.8 Å². The molecule has 0 bridgehead atoms. The standard InChI is InChI=1S/C39H71NO16S3/c1-3-58-38(57)59-39(2,35-40)8-6-36(41)5-4-9-44-11-13-46-15-17-48-19-21-50-23-25-52-27-29-54-31-33-56-34-32-55-30-28-53-26-24-51-22-20-49-18-16-47-14-12-45-10-7-37(42)43/h3-34H2,1-2H3,(H,42,43). The molecule has 0 aromatic heterocycles. The van der Waals surface area contributed by atoms with E-state index >= 15 is 0 Å². The van der Waals surface area contributed by atoms with Crippen LogP contribution < -0.4 is 0 Å². The minimum absolute atomic E-state index is 0.00877. The molecule has 59 heavy (non-hydrogen) atoms. The molecule has 0 saturated carbocycles. The smallest absolute Gasteiger partial charge is 0.305 e. The SMILES string of the molecule is CCSC(=S)SC(C)(C#N)CCC(=O)CCCOCCOCCOCCOCCOCCOCCOCCOCCOCCOCCOCCOCCOCCC(=O)O. The Hall–Kier alpha value is -1.10. The molecule has 0 saturated heterocycles. The second-order valence-electron chi connectivity index (χ2n) is 12.4. The monoisotopic (exact) mass is 905 g/mol. The molecule has 1 atom stereocenters. The summed E-state index contributed by atoms with van der Waals surface area (Å²) in [5.74, 6) is 0.124. The predicted molar refractivity (Wildman–Crippen MR) is 229 cm³/mol. The minimum atomic E-state index is -0.879. The normalized spacial score (nSPS) is 12.4. The van der Waals surface area contributed by atoms with Crippen molar-refractivity contribution in [2.75, 3.05) is 178 Å². The van der Waals surface area contributed by atoms with Gasteiger partial charge >= 0.3 is 5.97 Å². The number of thiocarbonyl (C=S) groups is 1. The molecule has 0 heterocycles. The van der Waals surface area contributed by atoms with Crippen LogP contribution in [0.1, 0.15) is 46.0 Å². The van der Waals surface area contributed by atoms with Gasteiger partial charge in [0.2, 0.25) is 0 Å². The number of carboxylic acids is 1. The number of ether oxygens (including phenoxy) is 13. The molecule has 0 aromatic rings. The van der Waals surface area contributed by atoms with Crippen molar-refractivity contribution < 1.29 is 76.3 Å². The number of nitrogens with zero attached hydrogens (tertiary/aromatic N) is 1. The van der Waals surface area contributed by atoms with E-state index < -0.39 is 10.7 Å². The third-order valence-corrected chi connectivity index (χ3v) is 10.0. The molecule has 17 nitrogen and oxygen atoms in total. The molecule has 0 aromatic carbocycles. The Balaban J connectivity index is 3.21. The van der Waals surface area contributed by atoms with Gasteiger partial charge in [-0.25, -0.2) is 0 Å². The number of thioether (sulfide) groups is 2. The van der Waals surface area contributed by atoms with Gasteiger partial charge in [0.25, 0.3) is 0 Å². The number of ketones is 1. The van der Waals surface area contributed by atoms with Crippen LogP contribution in [0.25, 0.3) is 0 Å². The lowest BCUT2D eigenvalue weighted by Crippen LogP contribution is -2.20. The summed E-state index contributed by atoms with van der Waals surface area (Å²) in [6.45, 7) is 15.6. The lowest BCUT2D eigenvalue weighted by atomic mass is 10.0. The van der Waals surface area contributed by atoms with E-state index in [0.717, 1.165) is 9.28 Å². The third kappa shape index (κ3) is 46.2. The Morgan fingerprint density at radius 1 is 0.508 bits per heavy atom. The van der Waals surface area contributed by atoms with E-state index in [4.69, 9.17) is 78.9 Å². The predicted octanol–water partition coefficient (Wildman–Crippen LogP) is 3.86. The summed E-state index contributed by atoms with van der Waals surface area (Å²) in [6, 6.07) is 2.30. The van der Waals surface area contributed by atoms with E-state index in [1.165, 1.54) is 11.8 Å². The van der Waals surface area contributed by atoms with Crippen molar-refractivity contribution >= 4 is 51.0 Å². The van der Waals surface area contributed by atoms with Crippen LogP contribution in [0.5, 0.6) is 0 Å². The number of nitriles is 1. The van der Waals surface area contributed by atoms with E-state index in [-0.39, 0.29) is 18.8 Å². The maximum absolute atomic E-state index is 12.2. The van der Waals surface area contributed by atoms with E-state index in [1.807, 2.05) is 13.8 Å². The first-order valence-corrected chi connectivity index (χ1v) is 22.5. The highest BCUT2D eigenvalue weighted by Crippen LogP contribution is 2.34. The lowest BCUT2D eigenvalue weighted by Gasteiger charge is -2.20. The molecular formula is C39H71NO16S3. The van der Waals surface area contributed by atoms with Crippen LogP contribution in [-0.4, -0.2) is 203 Å². The molecule has 0 radical (unpaired) electrons. The van der Waals surface area contributed by atoms with Crippen LogP contribution in [0.15, 0.2) is 0 Å². The van der Waals surface area contributed by atoms with E-state index in [9.17, 15) is 14.9 Å². The number of carboxylic acid groups (broad SMARTS) is 1. The van der Waals surface area contributed by atoms with Gasteiger partial charge in [0.1, 0.15) is 14.1 Å². The fourth-order valence-electron chi connectivity index (χ4n) is 4.24. The molecule has 1 N–H and O–H groups in total. The number of Topliss-reactive ketones (excluding diaryl/α,β-unsaturated/α-hetero) is 1. The Morgan fingerprint density at radius 3 is 1.07 bits per heavy atom. The van der Waals surface area contributed by atoms with Gasteiger partial charge in [-0.15, -0.1) is 11.8 Å². The zero-order chi connectivity index (χ0) is 43.2. The van der Waals surface area contributed by atoms with Gasteiger partial charge in [0, 0.05) is 19.4 Å². The van der Waals surface area contributed by atoms with Crippen LogP contribution in [-0.2, 0) is 71.2 Å². The average molecular weight is 906 g/mol. The molecule has 20 heteroatoms. The largest absolute Gasteiger partial charge is 0.481 e. The molecule has 346 valence electrons. The Kier molecular flexibility index (Phi) is 45.5. The topological polar surface area (TPSA) is 198 Å². The van der Waals surface area contributed by atoms with Gasteiger partial charge in [-0.1, -0.05) is 30.9 Å². The maximum atomic E-state index is 12.2. The maximum Gasteiger partial charge on any atom is 0.305 e. The average Bonchev–Trinajstić information content (AvgIpc) is 3.22. The van der Waals surface area contributed by atoms with Crippen molar-refractivity contribution in [1.82, 2.24) is 0 Å². The molecular weight excluding hydrogens is 835 g/mol.